The molecule has 0 fully saturated rings. The maximum atomic E-state index is 9.87. The van der Waals surface area contributed by atoms with E-state index in [0.717, 1.165) is 56.4 Å². The van der Waals surface area contributed by atoms with E-state index in [9.17, 15) is 50.4 Å². The summed E-state index contributed by atoms with van der Waals surface area (Å²) in [6, 6.07) is 30.7. The molecular formula is C29H32F12FeN6P2+2. The van der Waals surface area contributed by atoms with Crippen molar-refractivity contribution in [2.75, 3.05) is 13.1 Å². The van der Waals surface area contributed by atoms with Gasteiger partial charge in [0.2, 0.25) is 0 Å². The molecule has 3 aromatic heterocycles. The Bertz CT molecular complexity index is 1350. The minimum absolute atomic E-state index is 0. The van der Waals surface area contributed by atoms with Crippen molar-refractivity contribution in [2.24, 2.45) is 0 Å². The number of benzene rings is 1. The molecule has 1 aromatic carbocycles. The fourth-order valence-electron chi connectivity index (χ4n) is 3.71. The number of aromatic nitrogens is 3. The largest absolute Gasteiger partial charge is 4.00 e. The number of hydrogen-bond donors (Lipinski definition) is 0. The van der Waals surface area contributed by atoms with Crippen LogP contribution >= 0.6 is 15.6 Å². The summed E-state index contributed by atoms with van der Waals surface area (Å²) in [5.41, 5.74) is 4.54. The van der Waals surface area contributed by atoms with E-state index in [2.05, 4.69) is 79.3 Å². The molecule has 0 saturated heterocycles. The molecule has 0 unspecified atom stereocenters. The van der Waals surface area contributed by atoms with Crippen molar-refractivity contribution in [3.05, 3.63) is 126 Å². The monoisotopic (exact) mass is 810 g/mol. The topological polar surface area (TPSA) is 68.9 Å². The van der Waals surface area contributed by atoms with Gasteiger partial charge in [-0.1, -0.05) is 48.5 Å². The predicted molar refractivity (Wildman–Crippen MR) is 166 cm³/mol. The maximum Gasteiger partial charge on any atom is 4.00 e. The molecule has 0 aliphatic rings. The SMILES string of the molecule is CC#N.F[P-](F)(F)(F)(F)F.F[P-](F)(F)(F)(F)F.[Fe+4].c1ccc(CN(CCN(Cc2ccccn2)Cc2ccccn2)Cc2ccccn2)cc1. The van der Waals surface area contributed by atoms with Gasteiger partial charge in [-0.2, -0.15) is 5.26 Å². The van der Waals surface area contributed by atoms with Crippen molar-refractivity contribution < 1.29 is 67.4 Å². The Morgan fingerprint density at radius 1 is 0.500 bits per heavy atom. The van der Waals surface area contributed by atoms with Gasteiger partial charge in [-0.3, -0.25) is 24.8 Å². The molecule has 0 amide bonds. The van der Waals surface area contributed by atoms with E-state index in [-0.39, 0.29) is 17.1 Å². The van der Waals surface area contributed by atoms with E-state index in [4.69, 9.17) is 5.26 Å². The van der Waals surface area contributed by atoms with Crippen LogP contribution in [-0.2, 0) is 43.2 Å². The molecule has 4 rings (SSSR count). The molecule has 0 bridgehead atoms. The molecule has 0 saturated carbocycles. The number of rotatable bonds is 11. The fourth-order valence-corrected chi connectivity index (χ4v) is 3.71. The molecule has 0 radical (unpaired) electrons. The third-order valence-electron chi connectivity index (χ3n) is 5.32. The van der Waals surface area contributed by atoms with E-state index in [0.29, 0.717) is 0 Å². The Hall–Kier alpha value is -3.38. The van der Waals surface area contributed by atoms with Crippen LogP contribution < -0.4 is 0 Å². The van der Waals surface area contributed by atoms with Gasteiger partial charge in [-0.25, -0.2) is 0 Å². The van der Waals surface area contributed by atoms with Crippen LogP contribution in [0.4, 0.5) is 50.4 Å². The first-order valence-corrected chi connectivity index (χ1v) is 17.8. The van der Waals surface area contributed by atoms with Crippen molar-refractivity contribution in [2.45, 2.75) is 33.1 Å². The predicted octanol–water partition coefficient (Wildman–Crippen LogP) is 11.9. The van der Waals surface area contributed by atoms with Gasteiger partial charge in [0.15, 0.2) is 0 Å². The number of hydrogen-bond acceptors (Lipinski definition) is 6. The molecule has 50 heavy (non-hydrogen) atoms. The first-order valence-electron chi connectivity index (χ1n) is 13.8. The summed E-state index contributed by atoms with van der Waals surface area (Å²) in [4.78, 5) is 18.5. The molecule has 278 valence electrons. The van der Waals surface area contributed by atoms with E-state index in [1.807, 2.05) is 48.9 Å². The number of nitriles is 1. The summed E-state index contributed by atoms with van der Waals surface area (Å²) < 4.78 is 118. The third-order valence-corrected chi connectivity index (χ3v) is 5.32. The first kappa shape index (κ1) is 46.6. The molecule has 0 spiro atoms. The minimum Gasteiger partial charge on any atom is -0.292 e. The van der Waals surface area contributed by atoms with Crippen molar-refractivity contribution in [3.8, 4) is 6.07 Å². The summed E-state index contributed by atoms with van der Waals surface area (Å²) >= 11 is 0. The molecule has 3 heterocycles. The van der Waals surface area contributed by atoms with Gasteiger partial charge in [-0.15, -0.1) is 0 Å². The van der Waals surface area contributed by atoms with Crippen LogP contribution in [-0.4, -0.2) is 37.8 Å². The fraction of sp³-hybridized carbons (Fsp3) is 0.241. The van der Waals surface area contributed by atoms with Crippen molar-refractivity contribution in [1.29, 1.82) is 5.26 Å². The summed E-state index contributed by atoms with van der Waals surface area (Å²) in [7, 11) is -21.3. The summed E-state index contributed by atoms with van der Waals surface area (Å²) in [6.07, 6.45) is 5.58. The van der Waals surface area contributed by atoms with Gasteiger partial charge < -0.3 is 0 Å². The van der Waals surface area contributed by atoms with Gasteiger partial charge >= 0.3 is 83.0 Å². The normalized spacial score (nSPS) is 13.8. The van der Waals surface area contributed by atoms with E-state index in [1.165, 1.54) is 12.5 Å². The molecule has 21 heteroatoms. The zero-order chi connectivity index (χ0) is 37.4. The van der Waals surface area contributed by atoms with Crippen molar-refractivity contribution in [1.82, 2.24) is 24.8 Å². The zero-order valence-electron chi connectivity index (χ0n) is 26.0. The Balaban J connectivity index is 0.00000111. The number of nitrogens with zero attached hydrogens (tertiary/aromatic N) is 6. The quantitative estimate of drug-likeness (QED) is 0.0854. The van der Waals surface area contributed by atoms with Gasteiger partial charge in [0.05, 0.1) is 23.2 Å². The van der Waals surface area contributed by atoms with Crippen LogP contribution in [0.25, 0.3) is 0 Å². The molecular weight excluding hydrogens is 778 g/mol. The van der Waals surface area contributed by atoms with E-state index in [1.54, 1.807) is 6.07 Å². The van der Waals surface area contributed by atoms with Crippen LogP contribution in [0.2, 0.25) is 0 Å². The van der Waals surface area contributed by atoms with Gasteiger partial charge in [0, 0.05) is 64.8 Å². The summed E-state index contributed by atoms with van der Waals surface area (Å²) in [6.45, 7) is 6.55. The maximum absolute atomic E-state index is 10.7. The van der Waals surface area contributed by atoms with E-state index < -0.39 is 15.6 Å². The van der Waals surface area contributed by atoms with Crippen LogP contribution in [0, 0.1) is 11.3 Å². The Kier molecular flexibility index (Phi) is 16.5. The van der Waals surface area contributed by atoms with Crippen LogP contribution in [0.5, 0.6) is 0 Å². The Morgan fingerprint density at radius 3 is 1.02 bits per heavy atom. The average molecular weight is 810 g/mol. The summed E-state index contributed by atoms with van der Waals surface area (Å²) in [5.74, 6) is 0. The van der Waals surface area contributed by atoms with Gasteiger partial charge in [0.1, 0.15) is 0 Å². The Morgan fingerprint density at radius 2 is 0.760 bits per heavy atom. The first-order chi connectivity index (χ1) is 22.2. The van der Waals surface area contributed by atoms with Crippen LogP contribution in [0.3, 0.4) is 0 Å². The van der Waals surface area contributed by atoms with E-state index >= 15 is 0 Å². The van der Waals surface area contributed by atoms with Crippen LogP contribution in [0.1, 0.15) is 29.6 Å². The minimum atomic E-state index is -10.7. The Labute approximate surface area is 291 Å². The second-order valence-electron chi connectivity index (χ2n) is 10.0. The molecule has 0 aliphatic heterocycles. The van der Waals surface area contributed by atoms with Crippen molar-refractivity contribution >= 4 is 15.6 Å². The molecule has 0 N–H and O–H groups in total. The standard InChI is InChI=1S/C27H29N5.C2H3N.2F6P.Fe/c1-2-10-24(11-3-1)20-31(21-25-12-4-7-15-28-25)18-19-32(22-26-13-5-8-16-29-26)23-27-14-6-9-17-30-27;1-2-3;2*1-7(2,3,4,5)6;/h1-17H,18-23H2;1H3;;;/q;;2*-1;+4. The smallest absolute Gasteiger partial charge is 0.292 e. The molecule has 0 atom stereocenters. The number of halogens is 12. The van der Waals surface area contributed by atoms with Crippen LogP contribution in [0.15, 0.2) is 104 Å². The second kappa shape index (κ2) is 17.7. The second-order valence-corrected chi connectivity index (χ2v) is 13.8. The summed E-state index contributed by atoms with van der Waals surface area (Å²) in [5, 5.41) is 7.32. The van der Waals surface area contributed by atoms with Crippen molar-refractivity contribution in [3.63, 3.8) is 0 Å². The van der Waals surface area contributed by atoms with Gasteiger partial charge in [0.25, 0.3) is 0 Å². The third kappa shape index (κ3) is 34.5. The average Bonchev–Trinajstić information content (AvgIpc) is 2.95. The number of pyridine rings is 3. The zero-order valence-corrected chi connectivity index (χ0v) is 28.9. The molecule has 6 nitrogen and oxygen atoms in total. The van der Waals surface area contributed by atoms with Gasteiger partial charge in [-0.05, 0) is 42.0 Å². The molecule has 0 aliphatic carbocycles. The molecule has 4 aromatic rings.